The van der Waals surface area contributed by atoms with Crippen molar-refractivity contribution in [3.8, 4) is 0 Å². The average Bonchev–Trinajstić information content (AvgIpc) is 3.49. The Morgan fingerprint density at radius 1 is 0.574 bits per heavy atom. The van der Waals surface area contributed by atoms with E-state index in [1.54, 1.807) is 21.8 Å². The summed E-state index contributed by atoms with van der Waals surface area (Å²) in [4.78, 5) is 2.97. The fourth-order valence-electron chi connectivity index (χ4n) is 8.94. The van der Waals surface area contributed by atoms with Crippen LogP contribution >= 0.6 is 27.2 Å². The monoisotopic (exact) mass is 670 g/mol. The second kappa shape index (κ2) is 12.3. The van der Waals surface area contributed by atoms with Gasteiger partial charge in [-0.05, 0) is 119 Å². The Labute approximate surface area is 289 Å². The summed E-state index contributed by atoms with van der Waals surface area (Å²) in [5, 5.41) is 9.26. The zero-order chi connectivity index (χ0) is 33.2. The molecule has 0 N–H and O–H groups in total. The largest absolute Gasteiger partial charge is 0.145 e. The second-order valence-electron chi connectivity index (χ2n) is 14.9. The van der Waals surface area contributed by atoms with E-state index in [-0.39, 0.29) is 10.8 Å². The average molecular weight is 671 g/mol. The first-order valence-corrected chi connectivity index (χ1v) is 20.6. The van der Waals surface area contributed by atoms with Crippen molar-refractivity contribution in [3.63, 3.8) is 0 Å². The standard InChI is InChI=1S/C44H48P2S/c1-28-22-29(2)25-36(24-28)46(37-26-30(3)23-31(4)27-37)42-38-20-21-44(9,43(38,7)8)40(42)39-32(5)47-33(6)41(39)45(34-16-12-10-13-17-34)35-18-14-11-15-19-35/h10-19,22-27,38H,20-21H2,1-9H3/t38?,44-/m0/s1. The van der Waals surface area contributed by atoms with E-state index < -0.39 is 15.8 Å². The lowest BCUT2D eigenvalue weighted by Crippen LogP contribution is -2.31. The van der Waals surface area contributed by atoms with Crippen molar-refractivity contribution in [1.82, 2.24) is 0 Å². The molecule has 1 saturated carbocycles. The van der Waals surface area contributed by atoms with Crippen LogP contribution in [0, 0.1) is 58.3 Å². The Kier molecular flexibility index (Phi) is 8.53. The molecule has 5 aromatic rings. The summed E-state index contributed by atoms with van der Waals surface area (Å²) in [6, 6.07) is 37.5. The molecule has 2 aliphatic carbocycles. The molecule has 3 heteroatoms. The van der Waals surface area contributed by atoms with Crippen molar-refractivity contribution in [2.24, 2.45) is 16.7 Å². The van der Waals surface area contributed by atoms with Crippen LogP contribution in [-0.2, 0) is 0 Å². The Morgan fingerprint density at radius 2 is 1.04 bits per heavy atom. The van der Waals surface area contributed by atoms with Crippen molar-refractivity contribution < 1.29 is 0 Å². The maximum Gasteiger partial charge on any atom is 0.0107 e. The van der Waals surface area contributed by atoms with E-state index in [2.05, 4.69) is 159 Å². The van der Waals surface area contributed by atoms with Gasteiger partial charge in [0.15, 0.2) is 0 Å². The highest BCUT2D eigenvalue weighted by Crippen LogP contribution is 2.76. The zero-order valence-corrected chi connectivity index (χ0v) is 32.1. The molecule has 2 bridgehead atoms. The predicted octanol–water partition coefficient (Wildman–Crippen LogP) is 10.7. The number of aryl methyl sites for hydroxylation is 6. The molecular formula is C44H48P2S. The molecule has 0 saturated heterocycles. The van der Waals surface area contributed by atoms with Crippen LogP contribution in [-0.4, -0.2) is 0 Å². The SMILES string of the molecule is Cc1cc(C)cc(P(C2=C(c3c(C)sc(C)c3P(c3ccccc3)c3ccccc3)[C@]3(C)CCC2C3(C)C)c2cc(C)cc(C)c2)c1. The molecule has 1 heterocycles. The van der Waals surface area contributed by atoms with Crippen LogP contribution in [0.3, 0.4) is 0 Å². The maximum absolute atomic E-state index is 2.63. The highest BCUT2D eigenvalue weighted by Gasteiger charge is 2.62. The first-order valence-electron chi connectivity index (χ1n) is 17.1. The van der Waals surface area contributed by atoms with E-state index in [1.165, 1.54) is 66.1 Å². The molecule has 0 aliphatic heterocycles. The van der Waals surface area contributed by atoms with Crippen LogP contribution in [0.15, 0.2) is 102 Å². The molecule has 0 amide bonds. The fourth-order valence-corrected chi connectivity index (χ4v) is 16.5. The van der Waals surface area contributed by atoms with Crippen LogP contribution in [0.25, 0.3) is 5.57 Å². The third-order valence-corrected chi connectivity index (χ3v) is 17.6. The summed E-state index contributed by atoms with van der Waals surface area (Å²) >= 11 is 2.03. The lowest BCUT2D eigenvalue weighted by atomic mass is 9.66. The van der Waals surface area contributed by atoms with Gasteiger partial charge in [0.2, 0.25) is 0 Å². The van der Waals surface area contributed by atoms with Gasteiger partial charge >= 0.3 is 0 Å². The van der Waals surface area contributed by atoms with E-state index in [0.717, 1.165) is 0 Å². The third kappa shape index (κ3) is 5.42. The molecule has 2 aliphatic rings. The molecule has 0 spiro atoms. The molecule has 1 unspecified atom stereocenters. The van der Waals surface area contributed by atoms with Crippen molar-refractivity contribution in [3.05, 3.63) is 140 Å². The minimum atomic E-state index is -0.737. The van der Waals surface area contributed by atoms with Gasteiger partial charge in [0.05, 0.1) is 0 Å². The predicted molar refractivity (Wildman–Crippen MR) is 212 cm³/mol. The van der Waals surface area contributed by atoms with Crippen molar-refractivity contribution >= 4 is 59.3 Å². The van der Waals surface area contributed by atoms with Crippen LogP contribution < -0.4 is 26.5 Å². The number of rotatable bonds is 7. The van der Waals surface area contributed by atoms with Gasteiger partial charge in [0.25, 0.3) is 0 Å². The van der Waals surface area contributed by atoms with Gasteiger partial charge < -0.3 is 0 Å². The summed E-state index contributed by atoms with van der Waals surface area (Å²) in [5.41, 5.74) is 9.03. The highest BCUT2D eigenvalue weighted by molar-refractivity contribution is 7.80. The van der Waals surface area contributed by atoms with Crippen molar-refractivity contribution in [2.75, 3.05) is 0 Å². The smallest absolute Gasteiger partial charge is 0.0107 e. The van der Waals surface area contributed by atoms with Gasteiger partial charge in [0, 0.05) is 20.6 Å². The minimum absolute atomic E-state index is 0.104. The Balaban J connectivity index is 1.60. The molecular weight excluding hydrogens is 622 g/mol. The number of benzene rings is 4. The molecule has 1 aromatic heterocycles. The van der Waals surface area contributed by atoms with E-state index >= 15 is 0 Å². The second-order valence-corrected chi connectivity index (χ2v) is 20.6. The summed E-state index contributed by atoms with van der Waals surface area (Å²) in [6.07, 6.45) is 2.54. The first kappa shape index (κ1) is 32.7. The normalized spacial score (nSPS) is 20.2. The summed E-state index contributed by atoms with van der Waals surface area (Å²) in [6.45, 7) is 21.8. The van der Waals surface area contributed by atoms with Crippen LogP contribution in [0.4, 0.5) is 0 Å². The van der Waals surface area contributed by atoms with Crippen molar-refractivity contribution in [2.45, 2.75) is 75.2 Å². The summed E-state index contributed by atoms with van der Waals surface area (Å²) in [5.74, 6) is 0.558. The topological polar surface area (TPSA) is 0 Å². The number of thiophene rings is 1. The molecule has 240 valence electrons. The van der Waals surface area contributed by atoms with Crippen LogP contribution in [0.5, 0.6) is 0 Å². The fraction of sp³-hybridized carbons (Fsp3) is 0.318. The number of hydrogen-bond donors (Lipinski definition) is 0. The molecule has 1 fully saturated rings. The quantitative estimate of drug-likeness (QED) is 0.151. The Morgan fingerprint density at radius 3 is 1.51 bits per heavy atom. The lowest BCUT2D eigenvalue weighted by molar-refractivity contribution is 0.189. The van der Waals surface area contributed by atoms with E-state index in [0.29, 0.717) is 5.92 Å². The molecule has 0 radical (unpaired) electrons. The zero-order valence-electron chi connectivity index (χ0n) is 29.5. The Hall–Kier alpha value is -2.82. The number of hydrogen-bond acceptors (Lipinski definition) is 1. The minimum Gasteiger partial charge on any atom is -0.145 e. The van der Waals surface area contributed by atoms with Gasteiger partial charge in [-0.1, -0.05) is 140 Å². The molecule has 0 nitrogen and oxygen atoms in total. The first-order chi connectivity index (χ1) is 22.4. The molecule has 2 atom stereocenters. The van der Waals surface area contributed by atoms with E-state index in [9.17, 15) is 0 Å². The van der Waals surface area contributed by atoms with Gasteiger partial charge in [-0.25, -0.2) is 0 Å². The Bertz CT molecular complexity index is 1870. The van der Waals surface area contributed by atoms with E-state index in [4.69, 9.17) is 0 Å². The van der Waals surface area contributed by atoms with Gasteiger partial charge in [-0.3, -0.25) is 0 Å². The number of allylic oxidation sites excluding steroid dienone is 2. The van der Waals surface area contributed by atoms with E-state index in [1.807, 2.05) is 11.3 Å². The molecule has 7 rings (SSSR count). The van der Waals surface area contributed by atoms with Crippen LogP contribution in [0.1, 0.15) is 71.2 Å². The lowest BCUT2D eigenvalue weighted by Gasteiger charge is -2.38. The third-order valence-electron chi connectivity index (χ3n) is 11.3. The summed E-state index contributed by atoms with van der Waals surface area (Å²) in [7, 11) is -1.47. The molecule has 47 heavy (non-hydrogen) atoms. The van der Waals surface area contributed by atoms with Gasteiger partial charge in [0.1, 0.15) is 0 Å². The maximum atomic E-state index is 2.63. The van der Waals surface area contributed by atoms with Crippen LogP contribution in [0.2, 0.25) is 0 Å². The van der Waals surface area contributed by atoms with Gasteiger partial charge in [-0.15, -0.1) is 11.3 Å². The van der Waals surface area contributed by atoms with Gasteiger partial charge in [-0.2, -0.15) is 0 Å². The molecule has 4 aromatic carbocycles. The summed E-state index contributed by atoms with van der Waals surface area (Å²) < 4.78 is 0. The van der Waals surface area contributed by atoms with Crippen molar-refractivity contribution in [1.29, 1.82) is 0 Å². The number of fused-ring (bicyclic) bond motifs is 2. The highest BCUT2D eigenvalue weighted by atomic mass is 32.1.